The Bertz CT molecular complexity index is 869. The van der Waals surface area contributed by atoms with Crippen molar-refractivity contribution in [3.05, 3.63) is 59.9 Å². The fourth-order valence-electron chi connectivity index (χ4n) is 2.83. The van der Waals surface area contributed by atoms with Crippen molar-refractivity contribution in [1.82, 2.24) is 5.32 Å². The number of nitrogens with one attached hydrogen (secondary N) is 1. The minimum absolute atomic E-state index is 0.142. The van der Waals surface area contributed by atoms with Crippen molar-refractivity contribution in [2.45, 2.75) is 12.8 Å². The van der Waals surface area contributed by atoms with Gasteiger partial charge in [-0.2, -0.15) is 0 Å². The highest BCUT2D eigenvalue weighted by Crippen LogP contribution is 2.28. The van der Waals surface area contributed by atoms with Crippen LogP contribution in [0.4, 0.5) is 0 Å². The van der Waals surface area contributed by atoms with E-state index in [1.54, 1.807) is 32.6 Å². The standard InChI is InChI=1S/C20H21NO4/c1-23-17-8-4-3-6-14(17)7-5-10-21-20(22)15-12-18(24-2)16-9-11-25-19(16)13-15/h3-4,6,8-9,11-13H,5,7,10H2,1-2H3,(H,21,22). The van der Waals surface area contributed by atoms with Crippen LogP contribution in [0, 0.1) is 0 Å². The molecule has 0 unspecified atom stereocenters. The zero-order chi connectivity index (χ0) is 17.6. The zero-order valence-electron chi connectivity index (χ0n) is 14.4. The summed E-state index contributed by atoms with van der Waals surface area (Å²) in [6, 6.07) is 13.2. The molecule has 25 heavy (non-hydrogen) atoms. The van der Waals surface area contributed by atoms with Gasteiger partial charge in [0.25, 0.3) is 5.91 Å². The third-order valence-corrected chi connectivity index (χ3v) is 4.12. The second-order valence-electron chi connectivity index (χ2n) is 5.68. The number of carbonyl (C=O) groups excluding carboxylic acids is 1. The van der Waals surface area contributed by atoms with Crippen LogP contribution in [0.5, 0.6) is 11.5 Å². The Hall–Kier alpha value is -2.95. The monoisotopic (exact) mass is 339 g/mol. The smallest absolute Gasteiger partial charge is 0.251 e. The van der Waals surface area contributed by atoms with Crippen molar-refractivity contribution in [3.8, 4) is 11.5 Å². The molecule has 0 aliphatic carbocycles. The van der Waals surface area contributed by atoms with E-state index in [9.17, 15) is 4.79 Å². The Morgan fingerprint density at radius 1 is 1.08 bits per heavy atom. The minimum atomic E-state index is -0.142. The molecule has 5 heteroatoms. The number of para-hydroxylation sites is 1. The number of furan rings is 1. The summed E-state index contributed by atoms with van der Waals surface area (Å²) in [4.78, 5) is 12.4. The van der Waals surface area contributed by atoms with E-state index in [1.165, 1.54) is 0 Å². The molecule has 0 atom stereocenters. The zero-order valence-corrected chi connectivity index (χ0v) is 14.4. The lowest BCUT2D eigenvalue weighted by molar-refractivity contribution is 0.0953. The lowest BCUT2D eigenvalue weighted by Crippen LogP contribution is -2.24. The fraction of sp³-hybridized carbons (Fsp3) is 0.250. The van der Waals surface area contributed by atoms with Crippen molar-refractivity contribution in [3.63, 3.8) is 0 Å². The van der Waals surface area contributed by atoms with Gasteiger partial charge in [0, 0.05) is 12.1 Å². The van der Waals surface area contributed by atoms with E-state index >= 15 is 0 Å². The molecule has 1 N–H and O–H groups in total. The Balaban J connectivity index is 1.59. The molecule has 1 amide bonds. The summed E-state index contributed by atoms with van der Waals surface area (Å²) in [5.41, 5.74) is 2.30. The summed E-state index contributed by atoms with van der Waals surface area (Å²) in [6.45, 7) is 0.579. The molecular weight excluding hydrogens is 318 g/mol. The first kappa shape index (κ1) is 16.9. The number of ether oxygens (including phenoxy) is 2. The summed E-state index contributed by atoms with van der Waals surface area (Å²) in [5, 5.41) is 3.79. The number of carbonyl (C=O) groups is 1. The van der Waals surface area contributed by atoms with Gasteiger partial charge in [0.05, 0.1) is 25.9 Å². The van der Waals surface area contributed by atoms with Crippen LogP contribution >= 0.6 is 0 Å². The maximum absolute atomic E-state index is 12.4. The summed E-state index contributed by atoms with van der Waals surface area (Å²) < 4.78 is 16.1. The molecule has 0 aliphatic heterocycles. The minimum Gasteiger partial charge on any atom is -0.496 e. The highest BCUT2D eigenvalue weighted by Gasteiger charge is 2.12. The van der Waals surface area contributed by atoms with Gasteiger partial charge in [0.1, 0.15) is 17.1 Å². The van der Waals surface area contributed by atoms with Crippen LogP contribution in [-0.2, 0) is 6.42 Å². The average molecular weight is 339 g/mol. The van der Waals surface area contributed by atoms with Crippen LogP contribution in [-0.4, -0.2) is 26.7 Å². The molecule has 0 fully saturated rings. The Labute approximate surface area is 146 Å². The third-order valence-electron chi connectivity index (χ3n) is 4.12. The summed E-state index contributed by atoms with van der Waals surface area (Å²) in [7, 11) is 3.25. The van der Waals surface area contributed by atoms with Crippen LogP contribution in [0.1, 0.15) is 22.3 Å². The van der Waals surface area contributed by atoms with E-state index in [2.05, 4.69) is 5.32 Å². The average Bonchev–Trinajstić information content (AvgIpc) is 3.13. The second kappa shape index (κ2) is 7.75. The van der Waals surface area contributed by atoms with Gasteiger partial charge in [-0.15, -0.1) is 0 Å². The predicted octanol–water partition coefficient (Wildman–Crippen LogP) is 3.81. The number of benzene rings is 2. The van der Waals surface area contributed by atoms with Gasteiger partial charge in [0.15, 0.2) is 0 Å². The molecule has 0 bridgehead atoms. The Morgan fingerprint density at radius 2 is 1.88 bits per heavy atom. The highest BCUT2D eigenvalue weighted by atomic mass is 16.5. The molecule has 0 radical (unpaired) electrons. The van der Waals surface area contributed by atoms with Crippen molar-refractivity contribution in [2.75, 3.05) is 20.8 Å². The van der Waals surface area contributed by atoms with Crippen molar-refractivity contribution in [1.29, 1.82) is 0 Å². The van der Waals surface area contributed by atoms with Gasteiger partial charge < -0.3 is 19.2 Å². The van der Waals surface area contributed by atoms with Crippen molar-refractivity contribution >= 4 is 16.9 Å². The van der Waals surface area contributed by atoms with E-state index < -0.39 is 0 Å². The quantitative estimate of drug-likeness (QED) is 0.665. The van der Waals surface area contributed by atoms with Gasteiger partial charge in [-0.25, -0.2) is 0 Å². The number of hydrogen-bond donors (Lipinski definition) is 1. The molecule has 3 aromatic rings. The van der Waals surface area contributed by atoms with Gasteiger partial charge in [-0.05, 0) is 42.7 Å². The largest absolute Gasteiger partial charge is 0.496 e. The molecule has 5 nitrogen and oxygen atoms in total. The lowest BCUT2D eigenvalue weighted by atomic mass is 10.1. The SMILES string of the molecule is COc1ccccc1CCCNC(=O)c1cc(OC)c2ccoc2c1. The maximum atomic E-state index is 12.4. The topological polar surface area (TPSA) is 60.7 Å². The van der Waals surface area contributed by atoms with Crippen molar-refractivity contribution < 1.29 is 18.7 Å². The predicted molar refractivity (Wildman–Crippen MR) is 96.4 cm³/mol. The van der Waals surface area contributed by atoms with Gasteiger partial charge in [-0.1, -0.05) is 18.2 Å². The molecular formula is C20H21NO4. The van der Waals surface area contributed by atoms with E-state index in [-0.39, 0.29) is 5.91 Å². The first-order valence-corrected chi connectivity index (χ1v) is 8.18. The van der Waals surface area contributed by atoms with Crippen LogP contribution < -0.4 is 14.8 Å². The summed E-state index contributed by atoms with van der Waals surface area (Å²) >= 11 is 0. The van der Waals surface area contributed by atoms with E-state index in [0.29, 0.717) is 23.4 Å². The van der Waals surface area contributed by atoms with Crippen LogP contribution in [0.15, 0.2) is 53.1 Å². The van der Waals surface area contributed by atoms with Crippen LogP contribution in [0.2, 0.25) is 0 Å². The summed E-state index contributed by atoms with van der Waals surface area (Å²) in [6.07, 6.45) is 3.25. The highest BCUT2D eigenvalue weighted by molar-refractivity contribution is 5.99. The first-order valence-electron chi connectivity index (χ1n) is 8.18. The molecule has 0 spiro atoms. The molecule has 1 heterocycles. The van der Waals surface area contributed by atoms with Crippen molar-refractivity contribution in [2.24, 2.45) is 0 Å². The number of amides is 1. The van der Waals surface area contributed by atoms with Crippen LogP contribution in [0.3, 0.4) is 0 Å². The molecule has 0 aliphatic rings. The number of aryl methyl sites for hydroxylation is 1. The molecule has 0 saturated carbocycles. The van der Waals surface area contributed by atoms with Gasteiger partial charge >= 0.3 is 0 Å². The Kier molecular flexibility index (Phi) is 5.23. The summed E-state index contributed by atoms with van der Waals surface area (Å²) in [5.74, 6) is 1.36. The van der Waals surface area contributed by atoms with Gasteiger partial charge in [0.2, 0.25) is 0 Å². The fourth-order valence-corrected chi connectivity index (χ4v) is 2.83. The van der Waals surface area contributed by atoms with Gasteiger partial charge in [-0.3, -0.25) is 4.79 Å². The molecule has 0 saturated heterocycles. The first-order chi connectivity index (χ1) is 12.2. The third kappa shape index (κ3) is 3.76. The van der Waals surface area contributed by atoms with Crippen LogP contribution in [0.25, 0.3) is 11.0 Å². The molecule has 2 aromatic carbocycles. The number of hydrogen-bond acceptors (Lipinski definition) is 4. The van der Waals surface area contributed by atoms with E-state index in [4.69, 9.17) is 13.9 Å². The maximum Gasteiger partial charge on any atom is 0.251 e. The Morgan fingerprint density at radius 3 is 2.68 bits per heavy atom. The lowest BCUT2D eigenvalue weighted by Gasteiger charge is -2.09. The number of methoxy groups -OCH3 is 2. The van der Waals surface area contributed by atoms with E-state index in [0.717, 1.165) is 29.5 Å². The number of rotatable bonds is 7. The molecule has 130 valence electrons. The van der Waals surface area contributed by atoms with E-state index in [1.807, 2.05) is 30.3 Å². The number of fused-ring (bicyclic) bond motifs is 1. The molecule has 3 rings (SSSR count). The molecule has 1 aromatic heterocycles. The second-order valence-corrected chi connectivity index (χ2v) is 5.68. The normalized spacial score (nSPS) is 10.6.